The van der Waals surface area contributed by atoms with Crippen molar-refractivity contribution in [3.63, 3.8) is 0 Å². The van der Waals surface area contributed by atoms with E-state index in [1.54, 1.807) is 6.07 Å². The minimum atomic E-state index is -0.150. The molecule has 1 amide bonds. The third-order valence-electron chi connectivity index (χ3n) is 3.04. The van der Waals surface area contributed by atoms with Gasteiger partial charge in [0.1, 0.15) is 6.61 Å². The summed E-state index contributed by atoms with van der Waals surface area (Å²) >= 11 is 0. The van der Waals surface area contributed by atoms with Gasteiger partial charge in [-0.3, -0.25) is 4.79 Å². The number of hydrogen-bond acceptors (Lipinski definition) is 2. The fraction of sp³-hybridized carbons (Fsp3) is 0.400. The zero-order chi connectivity index (χ0) is 13.0. The lowest BCUT2D eigenvalue weighted by Gasteiger charge is -2.06. The number of hydrogen-bond donors (Lipinski definition) is 2. The van der Waals surface area contributed by atoms with Gasteiger partial charge in [0.25, 0.3) is 5.91 Å². The van der Waals surface area contributed by atoms with Crippen LogP contribution in [-0.2, 0) is 0 Å². The molecule has 0 radical (unpaired) electrons. The quantitative estimate of drug-likeness (QED) is 0.790. The van der Waals surface area contributed by atoms with Crippen molar-refractivity contribution in [1.82, 2.24) is 5.32 Å². The number of amides is 1. The molecular formula is C15H17NO2. The van der Waals surface area contributed by atoms with Gasteiger partial charge in [-0.15, -0.1) is 0 Å². The number of nitrogens with one attached hydrogen (secondary N) is 1. The molecule has 3 nitrogen and oxygen atoms in total. The van der Waals surface area contributed by atoms with Gasteiger partial charge in [-0.2, -0.15) is 0 Å². The Labute approximate surface area is 107 Å². The second kappa shape index (κ2) is 5.70. The highest BCUT2D eigenvalue weighted by atomic mass is 16.2. The number of benzene rings is 1. The monoisotopic (exact) mass is 243 g/mol. The maximum atomic E-state index is 11.9. The van der Waals surface area contributed by atoms with Crippen LogP contribution in [0.15, 0.2) is 18.2 Å². The molecule has 0 atom stereocenters. The van der Waals surface area contributed by atoms with Crippen LogP contribution in [0.4, 0.5) is 0 Å². The minimum Gasteiger partial charge on any atom is -0.384 e. The zero-order valence-electron chi connectivity index (χ0n) is 10.5. The lowest BCUT2D eigenvalue weighted by molar-refractivity contribution is 0.0951. The Hall–Kier alpha value is -1.79. The van der Waals surface area contributed by atoms with Crippen molar-refractivity contribution in [1.29, 1.82) is 0 Å². The molecule has 0 spiro atoms. The van der Waals surface area contributed by atoms with Gasteiger partial charge in [-0.05, 0) is 49.4 Å². The number of aryl methyl sites for hydroxylation is 1. The second-order valence-electron chi connectivity index (χ2n) is 4.64. The first kappa shape index (κ1) is 12.7. The van der Waals surface area contributed by atoms with E-state index in [4.69, 9.17) is 5.11 Å². The van der Waals surface area contributed by atoms with E-state index >= 15 is 0 Å². The molecule has 1 aliphatic rings. The van der Waals surface area contributed by atoms with Gasteiger partial charge in [0.2, 0.25) is 0 Å². The van der Waals surface area contributed by atoms with Gasteiger partial charge in [0, 0.05) is 17.7 Å². The van der Waals surface area contributed by atoms with Gasteiger partial charge in [-0.1, -0.05) is 11.8 Å². The topological polar surface area (TPSA) is 49.3 Å². The first-order chi connectivity index (χ1) is 8.70. The Bertz CT molecular complexity index is 507. The van der Waals surface area contributed by atoms with Crippen molar-refractivity contribution >= 4 is 5.91 Å². The summed E-state index contributed by atoms with van der Waals surface area (Å²) < 4.78 is 0. The van der Waals surface area contributed by atoms with Crippen LogP contribution in [0.5, 0.6) is 0 Å². The van der Waals surface area contributed by atoms with Crippen molar-refractivity contribution in [2.75, 3.05) is 13.2 Å². The van der Waals surface area contributed by atoms with E-state index < -0.39 is 0 Å². The molecular weight excluding hydrogens is 226 g/mol. The highest BCUT2D eigenvalue weighted by Gasteiger charge is 2.21. The molecule has 0 heterocycles. The summed E-state index contributed by atoms with van der Waals surface area (Å²) in [5.74, 6) is 6.13. The van der Waals surface area contributed by atoms with Crippen LogP contribution < -0.4 is 5.32 Å². The van der Waals surface area contributed by atoms with Crippen LogP contribution in [0.25, 0.3) is 0 Å². The Morgan fingerprint density at radius 1 is 1.50 bits per heavy atom. The first-order valence-corrected chi connectivity index (χ1v) is 6.19. The number of aliphatic hydroxyl groups is 1. The second-order valence-corrected chi connectivity index (χ2v) is 4.64. The number of aliphatic hydroxyl groups excluding tert-OH is 1. The van der Waals surface area contributed by atoms with E-state index in [9.17, 15) is 4.79 Å². The van der Waals surface area contributed by atoms with Crippen LogP contribution in [0, 0.1) is 24.7 Å². The highest BCUT2D eigenvalue weighted by Crippen LogP contribution is 2.27. The van der Waals surface area contributed by atoms with Crippen LogP contribution >= 0.6 is 0 Å². The molecule has 1 aromatic carbocycles. The lowest BCUT2D eigenvalue weighted by Crippen LogP contribution is -2.25. The molecule has 1 aromatic rings. The highest BCUT2D eigenvalue weighted by molar-refractivity contribution is 5.94. The summed E-state index contributed by atoms with van der Waals surface area (Å²) in [5, 5.41) is 11.6. The van der Waals surface area contributed by atoms with Gasteiger partial charge in [0.05, 0.1) is 0 Å². The average Bonchev–Trinajstić information content (AvgIpc) is 3.18. The SMILES string of the molecule is Cc1cc(C(=O)NCC2CC2)ccc1C#CCO. The Balaban J connectivity index is 2.04. The van der Waals surface area contributed by atoms with Crippen molar-refractivity contribution in [3.8, 4) is 11.8 Å². The first-order valence-electron chi connectivity index (χ1n) is 6.19. The van der Waals surface area contributed by atoms with Crippen LogP contribution in [0.1, 0.15) is 34.3 Å². The molecule has 2 N–H and O–H groups in total. The van der Waals surface area contributed by atoms with E-state index in [2.05, 4.69) is 17.2 Å². The van der Waals surface area contributed by atoms with E-state index in [1.165, 1.54) is 12.8 Å². The summed E-state index contributed by atoms with van der Waals surface area (Å²) in [6.45, 7) is 2.55. The minimum absolute atomic E-state index is 0.0216. The summed E-state index contributed by atoms with van der Waals surface area (Å²) in [4.78, 5) is 11.9. The van der Waals surface area contributed by atoms with Gasteiger partial charge < -0.3 is 10.4 Å². The van der Waals surface area contributed by atoms with Gasteiger partial charge in [0.15, 0.2) is 0 Å². The van der Waals surface area contributed by atoms with Gasteiger partial charge >= 0.3 is 0 Å². The molecule has 0 aliphatic heterocycles. The molecule has 0 aromatic heterocycles. The van der Waals surface area contributed by atoms with E-state index in [0.717, 1.165) is 17.7 Å². The molecule has 94 valence electrons. The molecule has 0 unspecified atom stereocenters. The van der Waals surface area contributed by atoms with Crippen LogP contribution in [0.3, 0.4) is 0 Å². The third kappa shape index (κ3) is 3.35. The Kier molecular flexibility index (Phi) is 4.01. The number of rotatable bonds is 3. The average molecular weight is 243 g/mol. The zero-order valence-corrected chi connectivity index (χ0v) is 10.5. The van der Waals surface area contributed by atoms with Crippen molar-refractivity contribution in [3.05, 3.63) is 34.9 Å². The third-order valence-corrected chi connectivity index (χ3v) is 3.04. The normalized spacial score (nSPS) is 13.7. The number of carbonyl (C=O) groups excluding carboxylic acids is 1. The largest absolute Gasteiger partial charge is 0.384 e. The fourth-order valence-corrected chi connectivity index (χ4v) is 1.74. The standard InChI is InChI=1S/C15H17NO2/c1-11-9-14(7-6-13(11)3-2-8-17)15(18)16-10-12-4-5-12/h6-7,9,12,17H,4-5,8,10H2,1H3,(H,16,18). The maximum absolute atomic E-state index is 11.9. The molecule has 1 aliphatic carbocycles. The fourth-order valence-electron chi connectivity index (χ4n) is 1.74. The molecule has 2 rings (SSSR count). The predicted octanol–water partition coefficient (Wildman–Crippen LogP) is 1.48. The Morgan fingerprint density at radius 2 is 2.28 bits per heavy atom. The van der Waals surface area contributed by atoms with E-state index in [0.29, 0.717) is 11.5 Å². The lowest BCUT2D eigenvalue weighted by atomic mass is 10.0. The predicted molar refractivity (Wildman–Crippen MR) is 70.2 cm³/mol. The van der Waals surface area contributed by atoms with Gasteiger partial charge in [-0.25, -0.2) is 0 Å². The van der Waals surface area contributed by atoms with Crippen LogP contribution in [0.2, 0.25) is 0 Å². The number of carbonyl (C=O) groups is 1. The molecule has 0 saturated heterocycles. The van der Waals surface area contributed by atoms with Crippen molar-refractivity contribution in [2.45, 2.75) is 19.8 Å². The van der Waals surface area contributed by atoms with E-state index in [1.807, 2.05) is 19.1 Å². The summed E-state index contributed by atoms with van der Waals surface area (Å²) in [7, 11) is 0. The van der Waals surface area contributed by atoms with E-state index in [-0.39, 0.29) is 12.5 Å². The summed E-state index contributed by atoms with van der Waals surface area (Å²) in [5.41, 5.74) is 2.47. The summed E-state index contributed by atoms with van der Waals surface area (Å²) in [6.07, 6.45) is 2.46. The Morgan fingerprint density at radius 3 is 2.89 bits per heavy atom. The van der Waals surface area contributed by atoms with Crippen molar-refractivity contribution in [2.24, 2.45) is 5.92 Å². The molecule has 1 fully saturated rings. The van der Waals surface area contributed by atoms with Crippen LogP contribution in [-0.4, -0.2) is 24.2 Å². The molecule has 18 heavy (non-hydrogen) atoms. The van der Waals surface area contributed by atoms with Crippen molar-refractivity contribution < 1.29 is 9.90 Å². The molecule has 0 bridgehead atoms. The molecule has 1 saturated carbocycles. The smallest absolute Gasteiger partial charge is 0.251 e. The molecule has 3 heteroatoms. The summed E-state index contributed by atoms with van der Waals surface area (Å²) in [6, 6.07) is 5.43. The maximum Gasteiger partial charge on any atom is 0.251 e.